The number of carbonyl (C=O) groups excluding carboxylic acids is 1. The van der Waals surface area contributed by atoms with E-state index in [1.165, 1.54) is 38.5 Å². The molecule has 1 rings (SSSR count). The van der Waals surface area contributed by atoms with Crippen molar-refractivity contribution in [3.63, 3.8) is 0 Å². The number of hydrogen-bond acceptors (Lipinski definition) is 2. The van der Waals surface area contributed by atoms with Crippen LogP contribution < -0.4 is 10.6 Å². The zero-order chi connectivity index (χ0) is 14.8. The quantitative estimate of drug-likeness (QED) is 0.424. The fraction of sp³-hybridized carbons (Fsp3) is 0.867. The molecule has 0 aromatic rings. The van der Waals surface area contributed by atoms with Crippen LogP contribution in [0.2, 0.25) is 0 Å². The third-order valence-corrected chi connectivity index (χ3v) is 3.77. The van der Waals surface area contributed by atoms with Crippen LogP contribution >= 0.6 is 0 Å². The molecule has 1 saturated carbocycles. The second-order valence-corrected chi connectivity index (χ2v) is 5.70. The molecular formula is C15H30N4O. The molecule has 20 heavy (non-hydrogen) atoms. The van der Waals surface area contributed by atoms with E-state index in [1.54, 1.807) is 19.0 Å². The first-order valence-electron chi connectivity index (χ1n) is 7.85. The maximum absolute atomic E-state index is 11.5. The Bertz CT molecular complexity index is 309. The van der Waals surface area contributed by atoms with Gasteiger partial charge in [0.05, 0.1) is 0 Å². The number of carbonyl (C=O) groups is 1. The maximum Gasteiger partial charge on any atom is 0.243 e. The maximum atomic E-state index is 11.5. The number of aliphatic imine (C=N–C) groups is 1. The Kier molecular flexibility index (Phi) is 8.07. The third kappa shape index (κ3) is 6.78. The molecule has 1 aliphatic carbocycles. The van der Waals surface area contributed by atoms with Gasteiger partial charge < -0.3 is 15.5 Å². The van der Waals surface area contributed by atoms with Gasteiger partial charge in [-0.15, -0.1) is 0 Å². The normalized spacial score (nSPS) is 16.2. The first-order valence-corrected chi connectivity index (χ1v) is 7.85. The number of amides is 1. The summed E-state index contributed by atoms with van der Waals surface area (Å²) in [5, 5.41) is 6.48. The number of likely N-dealkylation sites (N-methyl/N-ethyl adjacent to an activating group) is 1. The molecule has 0 aromatic carbocycles. The van der Waals surface area contributed by atoms with Gasteiger partial charge in [0.15, 0.2) is 5.96 Å². The molecule has 1 amide bonds. The fourth-order valence-corrected chi connectivity index (χ4v) is 2.53. The molecule has 0 atom stereocenters. The van der Waals surface area contributed by atoms with Crippen LogP contribution in [-0.4, -0.2) is 50.5 Å². The number of guanidine groups is 1. The predicted molar refractivity (Wildman–Crippen MR) is 83.9 cm³/mol. The van der Waals surface area contributed by atoms with E-state index in [0.717, 1.165) is 25.0 Å². The van der Waals surface area contributed by atoms with Crippen LogP contribution in [0.15, 0.2) is 4.99 Å². The molecule has 1 fully saturated rings. The summed E-state index contributed by atoms with van der Waals surface area (Å²) in [6, 6.07) is 0. The van der Waals surface area contributed by atoms with E-state index in [-0.39, 0.29) is 12.5 Å². The minimum absolute atomic E-state index is 0.0214. The van der Waals surface area contributed by atoms with Gasteiger partial charge in [-0.2, -0.15) is 0 Å². The largest absolute Gasteiger partial charge is 0.357 e. The Morgan fingerprint density at radius 2 is 1.95 bits per heavy atom. The molecule has 1 aliphatic rings. The van der Waals surface area contributed by atoms with E-state index in [9.17, 15) is 4.79 Å². The van der Waals surface area contributed by atoms with E-state index in [1.807, 2.05) is 6.92 Å². The Morgan fingerprint density at radius 3 is 2.55 bits per heavy atom. The minimum Gasteiger partial charge on any atom is -0.357 e. The van der Waals surface area contributed by atoms with Crippen molar-refractivity contribution in [3.05, 3.63) is 0 Å². The van der Waals surface area contributed by atoms with Gasteiger partial charge >= 0.3 is 0 Å². The highest BCUT2D eigenvalue weighted by Crippen LogP contribution is 2.28. The second-order valence-electron chi connectivity index (χ2n) is 5.70. The Hall–Kier alpha value is -1.26. The van der Waals surface area contributed by atoms with Crippen LogP contribution in [0, 0.1) is 5.92 Å². The molecule has 0 heterocycles. The van der Waals surface area contributed by atoms with Crippen LogP contribution in [0.25, 0.3) is 0 Å². The monoisotopic (exact) mass is 282 g/mol. The standard InChI is InChI=1S/C15H30N4O/c1-4-16-15(18-12-14(20)19(2)3)17-11-7-10-13-8-5-6-9-13/h13H,4-12H2,1-3H3,(H2,16,17,18). The van der Waals surface area contributed by atoms with Crippen molar-refractivity contribution in [3.8, 4) is 0 Å². The molecule has 2 N–H and O–H groups in total. The fourth-order valence-electron chi connectivity index (χ4n) is 2.53. The summed E-state index contributed by atoms with van der Waals surface area (Å²) >= 11 is 0. The number of nitrogens with one attached hydrogen (secondary N) is 2. The summed E-state index contributed by atoms with van der Waals surface area (Å²) in [7, 11) is 3.50. The highest BCUT2D eigenvalue weighted by molar-refractivity contribution is 5.84. The SMILES string of the molecule is CCNC(=NCC(=O)N(C)C)NCCCC1CCCC1. The molecule has 0 aromatic heterocycles. The van der Waals surface area contributed by atoms with Gasteiger partial charge in [0.2, 0.25) is 5.91 Å². The molecule has 5 nitrogen and oxygen atoms in total. The van der Waals surface area contributed by atoms with Crippen LogP contribution in [-0.2, 0) is 4.79 Å². The van der Waals surface area contributed by atoms with Crippen LogP contribution in [0.4, 0.5) is 0 Å². The first kappa shape index (κ1) is 16.8. The summed E-state index contributed by atoms with van der Waals surface area (Å²) in [5.74, 6) is 1.70. The molecule has 0 saturated heterocycles. The topological polar surface area (TPSA) is 56.7 Å². The van der Waals surface area contributed by atoms with Crippen LogP contribution in [0.1, 0.15) is 45.4 Å². The molecule has 0 bridgehead atoms. The van der Waals surface area contributed by atoms with Crippen molar-refractivity contribution in [2.75, 3.05) is 33.7 Å². The lowest BCUT2D eigenvalue weighted by atomic mass is 10.0. The third-order valence-electron chi connectivity index (χ3n) is 3.77. The zero-order valence-electron chi connectivity index (χ0n) is 13.2. The van der Waals surface area contributed by atoms with Gasteiger partial charge in [0, 0.05) is 27.2 Å². The van der Waals surface area contributed by atoms with E-state index in [0.29, 0.717) is 0 Å². The number of nitrogens with zero attached hydrogens (tertiary/aromatic N) is 2. The summed E-state index contributed by atoms with van der Waals surface area (Å²) in [6.45, 7) is 3.97. The van der Waals surface area contributed by atoms with E-state index in [2.05, 4.69) is 15.6 Å². The number of rotatable bonds is 7. The second kappa shape index (κ2) is 9.61. The van der Waals surface area contributed by atoms with Crippen molar-refractivity contribution in [2.24, 2.45) is 10.9 Å². The molecule has 5 heteroatoms. The van der Waals surface area contributed by atoms with E-state index in [4.69, 9.17) is 0 Å². The predicted octanol–water partition coefficient (Wildman–Crippen LogP) is 1.60. The van der Waals surface area contributed by atoms with E-state index < -0.39 is 0 Å². The van der Waals surface area contributed by atoms with E-state index >= 15 is 0 Å². The average molecular weight is 282 g/mol. The first-order chi connectivity index (χ1) is 9.63. The smallest absolute Gasteiger partial charge is 0.243 e. The van der Waals surface area contributed by atoms with Gasteiger partial charge in [0.1, 0.15) is 6.54 Å². The lowest BCUT2D eigenvalue weighted by Crippen LogP contribution is -2.39. The van der Waals surface area contributed by atoms with Gasteiger partial charge in [0.25, 0.3) is 0 Å². The highest BCUT2D eigenvalue weighted by Gasteiger charge is 2.14. The van der Waals surface area contributed by atoms with Crippen LogP contribution in [0.3, 0.4) is 0 Å². The lowest BCUT2D eigenvalue weighted by molar-refractivity contribution is -0.127. The zero-order valence-corrected chi connectivity index (χ0v) is 13.2. The van der Waals surface area contributed by atoms with Gasteiger partial charge in [-0.1, -0.05) is 25.7 Å². The van der Waals surface area contributed by atoms with Crippen molar-refractivity contribution in [1.29, 1.82) is 0 Å². The summed E-state index contributed by atoms with van der Waals surface area (Å²) < 4.78 is 0. The van der Waals surface area contributed by atoms with Crippen molar-refractivity contribution < 1.29 is 4.79 Å². The molecule has 0 aliphatic heterocycles. The average Bonchev–Trinajstić information content (AvgIpc) is 2.93. The molecule has 116 valence electrons. The minimum atomic E-state index is 0.0214. The Morgan fingerprint density at radius 1 is 1.25 bits per heavy atom. The summed E-state index contributed by atoms with van der Waals surface area (Å²) in [5.41, 5.74) is 0. The van der Waals surface area contributed by atoms with Crippen molar-refractivity contribution >= 4 is 11.9 Å². The van der Waals surface area contributed by atoms with Crippen molar-refractivity contribution in [2.45, 2.75) is 45.4 Å². The van der Waals surface area contributed by atoms with Gasteiger partial charge in [-0.3, -0.25) is 4.79 Å². The summed E-state index contributed by atoms with van der Waals surface area (Å²) in [4.78, 5) is 17.4. The summed E-state index contributed by atoms with van der Waals surface area (Å²) in [6.07, 6.45) is 8.13. The van der Waals surface area contributed by atoms with Crippen molar-refractivity contribution in [1.82, 2.24) is 15.5 Å². The van der Waals surface area contributed by atoms with Gasteiger partial charge in [-0.25, -0.2) is 4.99 Å². The molecule has 0 radical (unpaired) electrons. The molecular weight excluding hydrogens is 252 g/mol. The number of hydrogen-bond donors (Lipinski definition) is 2. The Labute approximate surface area is 123 Å². The van der Waals surface area contributed by atoms with Gasteiger partial charge in [-0.05, 0) is 25.7 Å². The molecule has 0 spiro atoms. The Balaban J connectivity index is 2.23. The molecule has 0 unspecified atom stereocenters. The lowest BCUT2D eigenvalue weighted by Gasteiger charge is -2.13. The highest BCUT2D eigenvalue weighted by atomic mass is 16.2. The van der Waals surface area contributed by atoms with Crippen LogP contribution in [0.5, 0.6) is 0 Å².